The number of ether oxygens (including phenoxy) is 1. The van der Waals surface area contributed by atoms with Crippen molar-refractivity contribution in [2.75, 3.05) is 6.54 Å². The number of rotatable bonds is 6. The van der Waals surface area contributed by atoms with Crippen LogP contribution in [0.25, 0.3) is 0 Å². The lowest BCUT2D eigenvalue weighted by Gasteiger charge is -2.30. The van der Waals surface area contributed by atoms with Crippen LogP contribution in [-0.4, -0.2) is 12.1 Å². The molecule has 0 radical (unpaired) electrons. The zero-order valence-corrected chi connectivity index (χ0v) is 13.7. The first-order valence-electron chi connectivity index (χ1n) is 8.62. The predicted molar refractivity (Wildman–Crippen MR) is 87.8 cm³/mol. The lowest BCUT2D eigenvalue weighted by atomic mass is 9.79. The number of hydrogen-bond acceptors (Lipinski definition) is 2. The topological polar surface area (TPSA) is 21.3 Å². The second-order valence-corrected chi connectivity index (χ2v) is 7.45. The minimum Gasteiger partial charge on any atom is -0.487 e. The van der Waals surface area contributed by atoms with E-state index in [4.69, 9.17) is 4.74 Å². The van der Waals surface area contributed by atoms with E-state index in [1.165, 1.54) is 43.2 Å². The summed E-state index contributed by atoms with van der Waals surface area (Å²) in [6, 6.07) is 7.35. The molecule has 1 aliphatic carbocycles. The second kappa shape index (κ2) is 6.00. The molecule has 0 amide bonds. The van der Waals surface area contributed by atoms with Crippen LogP contribution in [0.4, 0.5) is 0 Å². The van der Waals surface area contributed by atoms with Gasteiger partial charge in [0, 0.05) is 12.5 Å². The van der Waals surface area contributed by atoms with Crippen LogP contribution in [0, 0.1) is 5.92 Å². The lowest BCUT2D eigenvalue weighted by Crippen LogP contribution is -2.26. The van der Waals surface area contributed by atoms with E-state index in [0.717, 1.165) is 24.6 Å². The van der Waals surface area contributed by atoms with Crippen LogP contribution >= 0.6 is 0 Å². The van der Waals surface area contributed by atoms with Gasteiger partial charge in [-0.3, -0.25) is 0 Å². The Morgan fingerprint density at radius 3 is 2.81 bits per heavy atom. The molecule has 0 bridgehead atoms. The van der Waals surface area contributed by atoms with Crippen LogP contribution in [0.2, 0.25) is 0 Å². The highest BCUT2D eigenvalue weighted by Gasteiger charge is 2.31. The SMILES string of the molecule is CCCNC(CC1CCC1)c1ccc2c(c1)CC(C)(C)O2. The van der Waals surface area contributed by atoms with Crippen molar-refractivity contribution >= 4 is 0 Å². The first-order chi connectivity index (χ1) is 10.1. The Kier molecular flexibility index (Phi) is 4.26. The summed E-state index contributed by atoms with van der Waals surface area (Å²) in [5.41, 5.74) is 2.80. The highest BCUT2D eigenvalue weighted by atomic mass is 16.5. The summed E-state index contributed by atoms with van der Waals surface area (Å²) in [5.74, 6) is 2.02. The van der Waals surface area contributed by atoms with Crippen LogP contribution < -0.4 is 10.1 Å². The monoisotopic (exact) mass is 287 g/mol. The van der Waals surface area contributed by atoms with Crippen LogP contribution in [0.1, 0.15) is 70.0 Å². The van der Waals surface area contributed by atoms with Gasteiger partial charge in [0.05, 0.1) is 0 Å². The van der Waals surface area contributed by atoms with Gasteiger partial charge < -0.3 is 10.1 Å². The highest BCUT2D eigenvalue weighted by molar-refractivity contribution is 5.42. The molecule has 116 valence electrons. The summed E-state index contributed by atoms with van der Waals surface area (Å²) < 4.78 is 6.00. The van der Waals surface area contributed by atoms with Gasteiger partial charge in [-0.2, -0.15) is 0 Å². The van der Waals surface area contributed by atoms with Crippen molar-refractivity contribution in [3.05, 3.63) is 29.3 Å². The van der Waals surface area contributed by atoms with Crippen molar-refractivity contribution in [3.8, 4) is 5.75 Å². The number of benzene rings is 1. The quantitative estimate of drug-likeness (QED) is 0.823. The molecule has 1 aliphatic heterocycles. The largest absolute Gasteiger partial charge is 0.487 e. The molecular weight excluding hydrogens is 258 g/mol. The minimum atomic E-state index is -0.0404. The van der Waals surface area contributed by atoms with Gasteiger partial charge in [-0.15, -0.1) is 0 Å². The molecule has 1 unspecified atom stereocenters. The molecule has 2 heteroatoms. The van der Waals surface area contributed by atoms with Gasteiger partial charge in [0.2, 0.25) is 0 Å². The highest BCUT2D eigenvalue weighted by Crippen LogP contribution is 2.39. The maximum Gasteiger partial charge on any atom is 0.123 e. The van der Waals surface area contributed by atoms with Crippen LogP contribution in [0.3, 0.4) is 0 Å². The third kappa shape index (κ3) is 3.42. The summed E-state index contributed by atoms with van der Waals surface area (Å²) >= 11 is 0. The lowest BCUT2D eigenvalue weighted by molar-refractivity contribution is 0.138. The van der Waals surface area contributed by atoms with Crippen molar-refractivity contribution in [2.45, 2.75) is 70.9 Å². The van der Waals surface area contributed by atoms with Crippen molar-refractivity contribution in [1.29, 1.82) is 0 Å². The van der Waals surface area contributed by atoms with E-state index in [0.29, 0.717) is 6.04 Å². The van der Waals surface area contributed by atoms with Crippen LogP contribution in [0.15, 0.2) is 18.2 Å². The van der Waals surface area contributed by atoms with Gasteiger partial charge in [-0.1, -0.05) is 38.3 Å². The molecule has 1 N–H and O–H groups in total. The Morgan fingerprint density at radius 2 is 2.14 bits per heavy atom. The molecular formula is C19H29NO. The molecule has 1 heterocycles. The molecule has 0 saturated heterocycles. The summed E-state index contributed by atoms with van der Waals surface area (Å²) in [4.78, 5) is 0. The Hall–Kier alpha value is -1.02. The fourth-order valence-corrected chi connectivity index (χ4v) is 3.56. The van der Waals surface area contributed by atoms with Crippen molar-refractivity contribution in [2.24, 2.45) is 5.92 Å². The molecule has 1 saturated carbocycles. The maximum atomic E-state index is 6.00. The average molecular weight is 287 g/mol. The minimum absolute atomic E-state index is 0.0404. The number of fused-ring (bicyclic) bond motifs is 1. The molecule has 3 rings (SSSR count). The van der Waals surface area contributed by atoms with Crippen molar-refractivity contribution < 1.29 is 4.74 Å². The second-order valence-electron chi connectivity index (χ2n) is 7.45. The van der Waals surface area contributed by atoms with Crippen molar-refractivity contribution in [3.63, 3.8) is 0 Å². The zero-order valence-electron chi connectivity index (χ0n) is 13.7. The molecule has 1 atom stereocenters. The summed E-state index contributed by atoms with van der Waals surface area (Å²) in [5, 5.41) is 3.76. The number of nitrogens with one attached hydrogen (secondary N) is 1. The first kappa shape index (κ1) is 14.9. The Balaban J connectivity index is 1.75. The van der Waals surface area contributed by atoms with Gasteiger partial charge in [-0.25, -0.2) is 0 Å². The maximum absolute atomic E-state index is 6.00. The van der Waals surface area contributed by atoms with Crippen LogP contribution in [0.5, 0.6) is 5.75 Å². The summed E-state index contributed by atoms with van der Waals surface area (Å²) in [6.07, 6.45) is 7.79. The number of hydrogen-bond donors (Lipinski definition) is 1. The van der Waals surface area contributed by atoms with Gasteiger partial charge >= 0.3 is 0 Å². The summed E-state index contributed by atoms with van der Waals surface area (Å²) in [6.45, 7) is 7.70. The van der Waals surface area contributed by atoms with E-state index in [2.05, 4.69) is 44.3 Å². The summed E-state index contributed by atoms with van der Waals surface area (Å²) in [7, 11) is 0. The van der Waals surface area contributed by atoms with E-state index in [1.807, 2.05) is 0 Å². The van der Waals surface area contributed by atoms with E-state index < -0.39 is 0 Å². The van der Waals surface area contributed by atoms with Crippen molar-refractivity contribution in [1.82, 2.24) is 5.32 Å². The molecule has 2 nitrogen and oxygen atoms in total. The smallest absolute Gasteiger partial charge is 0.123 e. The van der Waals surface area contributed by atoms with E-state index in [1.54, 1.807) is 0 Å². The molecule has 1 aromatic carbocycles. The van der Waals surface area contributed by atoms with E-state index >= 15 is 0 Å². The molecule has 0 aromatic heterocycles. The standard InChI is InChI=1S/C19H29NO/c1-4-10-20-17(11-14-6-5-7-14)15-8-9-18-16(12-15)13-19(2,3)21-18/h8-9,12,14,17,20H,4-7,10-11,13H2,1-3H3. The van der Waals surface area contributed by atoms with Gasteiger partial charge in [-0.05, 0) is 56.3 Å². The van der Waals surface area contributed by atoms with Gasteiger partial charge in [0.1, 0.15) is 11.4 Å². The predicted octanol–water partition coefficient (Wildman–Crippen LogP) is 4.63. The first-order valence-corrected chi connectivity index (χ1v) is 8.62. The Labute approximate surface area is 129 Å². The molecule has 2 aliphatic rings. The normalized spacial score (nSPS) is 21.5. The zero-order chi connectivity index (χ0) is 14.9. The van der Waals surface area contributed by atoms with Gasteiger partial charge in [0.25, 0.3) is 0 Å². The van der Waals surface area contributed by atoms with Gasteiger partial charge in [0.15, 0.2) is 0 Å². The third-order valence-electron chi connectivity index (χ3n) is 4.92. The Bertz CT molecular complexity index is 490. The van der Waals surface area contributed by atoms with E-state index in [9.17, 15) is 0 Å². The fraction of sp³-hybridized carbons (Fsp3) is 0.684. The van der Waals surface area contributed by atoms with E-state index in [-0.39, 0.29) is 5.60 Å². The molecule has 1 fully saturated rings. The molecule has 21 heavy (non-hydrogen) atoms. The van der Waals surface area contributed by atoms with Crippen LogP contribution in [-0.2, 0) is 6.42 Å². The molecule has 1 aromatic rings. The average Bonchev–Trinajstić information content (AvgIpc) is 2.69. The molecule has 0 spiro atoms. The Morgan fingerprint density at radius 1 is 1.33 bits per heavy atom. The fourth-order valence-electron chi connectivity index (χ4n) is 3.56. The third-order valence-corrected chi connectivity index (χ3v) is 4.92.